The number of likely N-dealkylation sites (N-methyl/N-ethyl adjacent to an activating group) is 1. The highest BCUT2D eigenvalue weighted by Gasteiger charge is 2.38. The summed E-state index contributed by atoms with van der Waals surface area (Å²) in [6, 6.07) is 23.6. The predicted molar refractivity (Wildman–Crippen MR) is 139 cm³/mol. The van der Waals surface area contributed by atoms with Gasteiger partial charge in [0.15, 0.2) is 18.1 Å². The number of fused-ring (bicyclic) bond motifs is 2. The molecule has 0 bridgehead atoms. The topological polar surface area (TPSA) is 81.5 Å². The summed E-state index contributed by atoms with van der Waals surface area (Å²) in [5.41, 5.74) is 2.77. The lowest BCUT2D eigenvalue weighted by molar-refractivity contribution is -0.117. The Balaban J connectivity index is 1.42. The van der Waals surface area contributed by atoms with Crippen molar-refractivity contribution < 1.29 is 14.3 Å². The van der Waals surface area contributed by atoms with E-state index in [2.05, 4.69) is 25.0 Å². The van der Waals surface area contributed by atoms with Crippen molar-refractivity contribution in [1.29, 1.82) is 0 Å². The number of allylic oxidation sites excluding steroid dienone is 1. The highest BCUT2D eigenvalue weighted by Crippen LogP contribution is 2.46. The van der Waals surface area contributed by atoms with Gasteiger partial charge in [-0.3, -0.25) is 9.59 Å². The van der Waals surface area contributed by atoms with Crippen molar-refractivity contribution >= 4 is 28.2 Å². The van der Waals surface area contributed by atoms with Crippen LogP contribution in [0.2, 0.25) is 0 Å². The van der Waals surface area contributed by atoms with Gasteiger partial charge in [0.1, 0.15) is 0 Å². The first-order chi connectivity index (χ1) is 17.3. The third-order valence-electron chi connectivity index (χ3n) is 6.58. The van der Waals surface area contributed by atoms with Crippen molar-refractivity contribution in [3.05, 3.63) is 112 Å². The Kier molecular flexibility index (Phi) is 5.76. The lowest BCUT2D eigenvalue weighted by Crippen LogP contribution is -2.26. The molecule has 0 spiro atoms. The van der Waals surface area contributed by atoms with Crippen LogP contribution in [0.1, 0.15) is 29.9 Å². The van der Waals surface area contributed by atoms with Gasteiger partial charge in [-0.15, -0.1) is 0 Å². The lowest BCUT2D eigenvalue weighted by atomic mass is 9.83. The molecule has 5 rings (SSSR count). The molecule has 0 aliphatic carbocycles. The maximum atomic E-state index is 13.1. The Bertz CT molecular complexity index is 1590. The normalized spacial score (nSPS) is 15.2. The van der Waals surface area contributed by atoms with E-state index in [1.807, 2.05) is 36.2 Å². The molecule has 36 heavy (non-hydrogen) atoms. The molecule has 0 radical (unpaired) electrons. The van der Waals surface area contributed by atoms with Gasteiger partial charge in [0.25, 0.3) is 5.56 Å². The van der Waals surface area contributed by atoms with E-state index in [1.165, 1.54) is 10.8 Å². The van der Waals surface area contributed by atoms with Crippen molar-refractivity contribution in [2.75, 3.05) is 18.6 Å². The summed E-state index contributed by atoms with van der Waals surface area (Å²) >= 11 is 0. The summed E-state index contributed by atoms with van der Waals surface area (Å²) in [6.45, 7) is 3.68. The maximum Gasteiger partial charge on any atom is 0.359 e. The van der Waals surface area contributed by atoms with Crippen LogP contribution in [0.4, 0.5) is 5.69 Å². The van der Waals surface area contributed by atoms with Crippen LogP contribution in [0, 0.1) is 0 Å². The van der Waals surface area contributed by atoms with Crippen LogP contribution in [-0.2, 0) is 14.9 Å². The van der Waals surface area contributed by atoms with Crippen molar-refractivity contribution in [2.45, 2.75) is 19.3 Å². The molecule has 3 aromatic carbocycles. The van der Waals surface area contributed by atoms with E-state index in [-0.39, 0.29) is 22.5 Å². The van der Waals surface area contributed by atoms with E-state index in [9.17, 15) is 14.4 Å². The van der Waals surface area contributed by atoms with Crippen LogP contribution < -0.4 is 10.5 Å². The van der Waals surface area contributed by atoms with Gasteiger partial charge in [-0.25, -0.2) is 4.79 Å². The van der Waals surface area contributed by atoms with E-state index in [1.54, 1.807) is 48.5 Å². The molecule has 0 atom stereocenters. The number of ketones is 1. The van der Waals surface area contributed by atoms with Gasteiger partial charge in [-0.1, -0.05) is 68.4 Å². The number of esters is 1. The van der Waals surface area contributed by atoms with Crippen molar-refractivity contribution in [3.63, 3.8) is 0 Å². The van der Waals surface area contributed by atoms with Crippen molar-refractivity contribution in [1.82, 2.24) is 9.78 Å². The van der Waals surface area contributed by atoms with E-state index in [4.69, 9.17) is 4.74 Å². The Hall–Kier alpha value is -4.52. The average molecular weight is 480 g/mol. The Labute approximate surface area is 208 Å². The van der Waals surface area contributed by atoms with Gasteiger partial charge >= 0.3 is 5.97 Å². The summed E-state index contributed by atoms with van der Waals surface area (Å²) in [5.74, 6) is -1.11. The summed E-state index contributed by atoms with van der Waals surface area (Å²) in [6.07, 6.45) is 1.53. The van der Waals surface area contributed by atoms with Gasteiger partial charge in [-0.2, -0.15) is 9.78 Å². The number of anilines is 1. The second kappa shape index (κ2) is 8.92. The number of ether oxygens (including phenoxy) is 1. The number of rotatable bonds is 5. The summed E-state index contributed by atoms with van der Waals surface area (Å²) in [5, 5.41) is 5.02. The molecule has 0 fully saturated rings. The smallest absolute Gasteiger partial charge is 0.359 e. The monoisotopic (exact) mass is 479 g/mol. The molecular formula is C29H25N3O4. The van der Waals surface area contributed by atoms with Crippen molar-refractivity contribution in [3.8, 4) is 5.69 Å². The molecule has 0 amide bonds. The molecule has 1 aliphatic heterocycles. The quantitative estimate of drug-likeness (QED) is 0.311. The number of para-hydroxylation sites is 2. The molecule has 0 saturated heterocycles. The molecule has 0 N–H and O–H groups in total. The van der Waals surface area contributed by atoms with Gasteiger partial charge in [0, 0.05) is 35.3 Å². The molecule has 1 aromatic heterocycles. The van der Waals surface area contributed by atoms with Gasteiger partial charge in [0.05, 0.1) is 11.1 Å². The number of benzene rings is 3. The minimum atomic E-state index is -0.773. The zero-order valence-electron chi connectivity index (χ0n) is 20.3. The minimum Gasteiger partial charge on any atom is -0.453 e. The molecule has 2 heterocycles. The van der Waals surface area contributed by atoms with E-state index in [0.717, 1.165) is 16.9 Å². The molecule has 4 aromatic rings. The second-order valence-corrected chi connectivity index (χ2v) is 9.22. The fraction of sp³-hybridized carbons (Fsp3) is 0.172. The molecule has 0 saturated carbocycles. The number of hydrogen-bond donors (Lipinski definition) is 0. The van der Waals surface area contributed by atoms with E-state index < -0.39 is 12.6 Å². The standard InChI is InChI=1S/C29H25N3O4/c1-29(2)23-15-9-10-16-24(23)31(3)25(29)17-20(33)18-36-28(35)26-21-13-7-8-14-22(21)27(34)32(30-26)19-11-5-4-6-12-19/h4-17H,18H2,1-3H3. The number of aromatic nitrogens is 2. The van der Waals surface area contributed by atoms with Gasteiger partial charge in [0.2, 0.25) is 0 Å². The highest BCUT2D eigenvalue weighted by molar-refractivity contribution is 6.03. The Morgan fingerprint density at radius 3 is 2.28 bits per heavy atom. The fourth-order valence-corrected chi connectivity index (χ4v) is 4.74. The molecular weight excluding hydrogens is 454 g/mol. The zero-order valence-corrected chi connectivity index (χ0v) is 20.3. The Morgan fingerprint density at radius 2 is 1.56 bits per heavy atom. The molecule has 1 aliphatic rings. The van der Waals surface area contributed by atoms with E-state index in [0.29, 0.717) is 16.5 Å². The molecule has 7 nitrogen and oxygen atoms in total. The third kappa shape index (κ3) is 3.88. The van der Waals surface area contributed by atoms with Crippen LogP contribution in [0.5, 0.6) is 0 Å². The van der Waals surface area contributed by atoms with Gasteiger partial charge < -0.3 is 9.64 Å². The van der Waals surface area contributed by atoms with Crippen LogP contribution >= 0.6 is 0 Å². The molecule has 0 unspecified atom stereocenters. The SMILES string of the molecule is CN1C(=CC(=O)COC(=O)c2nn(-c3ccccc3)c(=O)c3ccccc23)C(C)(C)c2ccccc21. The summed E-state index contributed by atoms with van der Waals surface area (Å²) in [4.78, 5) is 41.0. The first-order valence-corrected chi connectivity index (χ1v) is 11.6. The van der Waals surface area contributed by atoms with Crippen LogP contribution in [-0.4, -0.2) is 35.2 Å². The fourth-order valence-electron chi connectivity index (χ4n) is 4.74. The maximum absolute atomic E-state index is 13.1. The van der Waals surface area contributed by atoms with E-state index >= 15 is 0 Å². The summed E-state index contributed by atoms with van der Waals surface area (Å²) in [7, 11) is 1.92. The third-order valence-corrected chi connectivity index (χ3v) is 6.58. The minimum absolute atomic E-state index is 0.0276. The van der Waals surface area contributed by atoms with Gasteiger partial charge in [-0.05, 0) is 29.8 Å². The second-order valence-electron chi connectivity index (χ2n) is 9.22. The van der Waals surface area contributed by atoms with Crippen molar-refractivity contribution in [2.24, 2.45) is 0 Å². The average Bonchev–Trinajstić information content (AvgIpc) is 3.09. The Morgan fingerprint density at radius 1 is 0.917 bits per heavy atom. The van der Waals surface area contributed by atoms with Crippen LogP contribution in [0.25, 0.3) is 16.5 Å². The molecule has 180 valence electrons. The number of carbonyl (C=O) groups excluding carboxylic acids is 2. The van der Waals surface area contributed by atoms with Crippen LogP contribution in [0.3, 0.4) is 0 Å². The number of nitrogens with zero attached hydrogens (tertiary/aromatic N) is 3. The van der Waals surface area contributed by atoms with Crippen LogP contribution in [0.15, 0.2) is 95.4 Å². The molecule has 7 heteroatoms. The first kappa shape index (κ1) is 23.2. The highest BCUT2D eigenvalue weighted by atomic mass is 16.5. The summed E-state index contributed by atoms with van der Waals surface area (Å²) < 4.78 is 6.57. The number of carbonyl (C=O) groups is 2. The first-order valence-electron chi connectivity index (χ1n) is 11.6. The zero-order chi connectivity index (χ0) is 25.4. The number of hydrogen-bond acceptors (Lipinski definition) is 6. The predicted octanol–water partition coefficient (Wildman–Crippen LogP) is 4.42. The lowest BCUT2D eigenvalue weighted by Gasteiger charge is -2.23. The largest absolute Gasteiger partial charge is 0.453 e.